The maximum Gasteiger partial charge on any atom is 0.137 e. The van der Waals surface area contributed by atoms with Crippen molar-refractivity contribution >= 4 is 41.3 Å². The third kappa shape index (κ3) is 1.90. The van der Waals surface area contributed by atoms with Gasteiger partial charge in [-0.2, -0.15) is 0 Å². The van der Waals surface area contributed by atoms with E-state index < -0.39 is 0 Å². The Morgan fingerprint density at radius 1 is 1.38 bits per heavy atom. The molecule has 0 saturated carbocycles. The van der Waals surface area contributed by atoms with Crippen molar-refractivity contribution in [3.05, 3.63) is 35.2 Å². The molecule has 13 heavy (non-hydrogen) atoms. The van der Waals surface area contributed by atoms with Gasteiger partial charge in [-0.15, -0.1) is 24.0 Å². The van der Waals surface area contributed by atoms with E-state index in [0.29, 0.717) is 10.9 Å². The molecule has 0 aromatic carbocycles. The first-order chi connectivity index (χ1) is 5.81. The largest absolute Gasteiger partial charge is 0.301 e. The van der Waals surface area contributed by atoms with Crippen LogP contribution in [0.5, 0.6) is 0 Å². The SMILES string of the molecule is Cl.ClCc1cnc2ccc(Cl)cn12. The minimum absolute atomic E-state index is 0. The molecule has 0 aliphatic rings. The molecule has 0 fully saturated rings. The van der Waals surface area contributed by atoms with Gasteiger partial charge in [0.25, 0.3) is 0 Å². The zero-order valence-electron chi connectivity index (χ0n) is 6.58. The summed E-state index contributed by atoms with van der Waals surface area (Å²) < 4.78 is 1.88. The standard InChI is InChI=1S/C8H6Cl2N2.ClH/c9-3-7-4-11-8-2-1-6(10)5-12(7)8;/h1-2,4-5H,3H2;1H. The van der Waals surface area contributed by atoms with E-state index in [1.165, 1.54) is 0 Å². The molecule has 2 heterocycles. The highest BCUT2D eigenvalue weighted by molar-refractivity contribution is 6.30. The number of hydrogen-bond donors (Lipinski definition) is 0. The summed E-state index contributed by atoms with van der Waals surface area (Å²) in [6.07, 6.45) is 3.56. The lowest BCUT2D eigenvalue weighted by atomic mass is 10.4. The van der Waals surface area contributed by atoms with Crippen LogP contribution < -0.4 is 0 Å². The number of fused-ring (bicyclic) bond motifs is 1. The highest BCUT2D eigenvalue weighted by Crippen LogP contribution is 2.13. The summed E-state index contributed by atoms with van der Waals surface area (Å²) in [6.45, 7) is 0. The molecule has 0 spiro atoms. The minimum atomic E-state index is 0. The van der Waals surface area contributed by atoms with Crippen molar-refractivity contribution in [2.45, 2.75) is 5.88 Å². The Hall–Kier alpha value is -0.440. The Balaban J connectivity index is 0.000000845. The smallest absolute Gasteiger partial charge is 0.137 e. The molecule has 2 aromatic heterocycles. The molecule has 2 nitrogen and oxygen atoms in total. The molecular weight excluding hydrogens is 230 g/mol. The third-order valence-corrected chi connectivity index (χ3v) is 2.18. The number of aromatic nitrogens is 2. The van der Waals surface area contributed by atoms with Gasteiger partial charge >= 0.3 is 0 Å². The first kappa shape index (κ1) is 10.6. The van der Waals surface area contributed by atoms with Gasteiger partial charge in [0.05, 0.1) is 22.8 Å². The highest BCUT2D eigenvalue weighted by atomic mass is 35.5. The fourth-order valence-corrected chi connectivity index (χ4v) is 1.46. The maximum atomic E-state index is 5.81. The molecule has 0 amide bonds. The molecule has 5 heteroatoms. The minimum Gasteiger partial charge on any atom is -0.301 e. The number of hydrogen-bond acceptors (Lipinski definition) is 1. The maximum absolute atomic E-state index is 5.81. The van der Waals surface area contributed by atoms with E-state index >= 15 is 0 Å². The van der Waals surface area contributed by atoms with Crippen LogP contribution in [0.1, 0.15) is 5.69 Å². The topological polar surface area (TPSA) is 17.3 Å². The average Bonchev–Trinajstić information content (AvgIpc) is 2.46. The Kier molecular flexibility index (Phi) is 3.42. The Bertz CT molecular complexity index is 411. The molecule has 0 N–H and O–H groups in total. The monoisotopic (exact) mass is 236 g/mol. The van der Waals surface area contributed by atoms with Crippen LogP contribution in [0.15, 0.2) is 24.5 Å². The van der Waals surface area contributed by atoms with Gasteiger partial charge in [0, 0.05) is 6.20 Å². The molecule has 0 unspecified atom stereocenters. The van der Waals surface area contributed by atoms with E-state index in [0.717, 1.165) is 11.3 Å². The lowest BCUT2D eigenvalue weighted by Gasteiger charge is -1.96. The lowest BCUT2D eigenvalue weighted by Crippen LogP contribution is -1.88. The van der Waals surface area contributed by atoms with Crippen molar-refractivity contribution in [3.63, 3.8) is 0 Å². The average molecular weight is 238 g/mol. The quantitative estimate of drug-likeness (QED) is 0.697. The second kappa shape index (κ2) is 4.18. The first-order valence-corrected chi connectivity index (χ1v) is 4.40. The van der Waals surface area contributed by atoms with E-state index in [-0.39, 0.29) is 12.4 Å². The zero-order valence-corrected chi connectivity index (χ0v) is 8.90. The molecule has 2 aromatic rings. The highest BCUT2D eigenvalue weighted by Gasteiger charge is 2.00. The van der Waals surface area contributed by atoms with Crippen molar-refractivity contribution in [1.82, 2.24) is 9.38 Å². The number of nitrogens with zero attached hydrogens (tertiary/aromatic N) is 2. The molecule has 0 aliphatic heterocycles. The normalized spacial score (nSPS) is 10.0. The Morgan fingerprint density at radius 3 is 2.85 bits per heavy atom. The predicted molar refractivity (Wildman–Crippen MR) is 57.0 cm³/mol. The van der Waals surface area contributed by atoms with E-state index in [9.17, 15) is 0 Å². The van der Waals surface area contributed by atoms with Crippen molar-refractivity contribution < 1.29 is 0 Å². The van der Waals surface area contributed by atoms with Crippen LogP contribution in [-0.4, -0.2) is 9.38 Å². The van der Waals surface area contributed by atoms with Gasteiger partial charge in [0.2, 0.25) is 0 Å². The molecule has 0 bridgehead atoms. The summed E-state index contributed by atoms with van der Waals surface area (Å²) in [7, 11) is 0. The molecular formula is C8H7Cl3N2. The number of halogens is 3. The van der Waals surface area contributed by atoms with Gasteiger partial charge in [-0.25, -0.2) is 4.98 Å². The second-order valence-electron chi connectivity index (χ2n) is 2.46. The lowest BCUT2D eigenvalue weighted by molar-refractivity contribution is 1.09. The summed E-state index contributed by atoms with van der Waals surface area (Å²) >= 11 is 11.5. The van der Waals surface area contributed by atoms with Gasteiger partial charge in [-0.3, -0.25) is 0 Å². The van der Waals surface area contributed by atoms with E-state index in [2.05, 4.69) is 4.98 Å². The van der Waals surface area contributed by atoms with Crippen LogP contribution in [0.25, 0.3) is 5.65 Å². The van der Waals surface area contributed by atoms with E-state index in [1.54, 1.807) is 6.20 Å². The van der Waals surface area contributed by atoms with Crippen molar-refractivity contribution in [3.8, 4) is 0 Å². The predicted octanol–water partition coefficient (Wildman–Crippen LogP) is 3.15. The summed E-state index contributed by atoms with van der Waals surface area (Å²) in [5, 5.41) is 0.687. The zero-order chi connectivity index (χ0) is 8.55. The van der Waals surface area contributed by atoms with Crippen LogP contribution >= 0.6 is 35.6 Å². The van der Waals surface area contributed by atoms with Crippen molar-refractivity contribution in [2.24, 2.45) is 0 Å². The third-order valence-electron chi connectivity index (χ3n) is 1.68. The molecule has 2 rings (SSSR count). The fourth-order valence-electron chi connectivity index (χ4n) is 1.10. The Labute approximate surface area is 91.9 Å². The van der Waals surface area contributed by atoms with E-state index in [1.807, 2.05) is 22.7 Å². The van der Waals surface area contributed by atoms with Gasteiger partial charge in [0.15, 0.2) is 0 Å². The molecule has 0 radical (unpaired) electrons. The van der Waals surface area contributed by atoms with Crippen LogP contribution in [-0.2, 0) is 5.88 Å². The number of pyridine rings is 1. The van der Waals surface area contributed by atoms with Gasteiger partial charge < -0.3 is 4.40 Å². The van der Waals surface area contributed by atoms with Crippen LogP contribution in [0.4, 0.5) is 0 Å². The van der Waals surface area contributed by atoms with Crippen LogP contribution in [0.3, 0.4) is 0 Å². The van der Waals surface area contributed by atoms with Gasteiger partial charge in [-0.05, 0) is 12.1 Å². The summed E-state index contributed by atoms with van der Waals surface area (Å²) in [5.41, 5.74) is 1.82. The molecule has 0 atom stereocenters. The summed E-state index contributed by atoms with van der Waals surface area (Å²) in [5.74, 6) is 0.446. The molecule has 0 aliphatic carbocycles. The van der Waals surface area contributed by atoms with Gasteiger partial charge in [-0.1, -0.05) is 11.6 Å². The molecule has 70 valence electrons. The number of rotatable bonds is 1. The van der Waals surface area contributed by atoms with Gasteiger partial charge in [0.1, 0.15) is 5.65 Å². The number of alkyl halides is 1. The van der Waals surface area contributed by atoms with E-state index in [4.69, 9.17) is 23.2 Å². The van der Waals surface area contributed by atoms with Crippen LogP contribution in [0.2, 0.25) is 5.02 Å². The van der Waals surface area contributed by atoms with Crippen molar-refractivity contribution in [1.29, 1.82) is 0 Å². The summed E-state index contributed by atoms with van der Waals surface area (Å²) in [4.78, 5) is 4.15. The first-order valence-electron chi connectivity index (χ1n) is 3.49. The van der Waals surface area contributed by atoms with Crippen molar-refractivity contribution in [2.75, 3.05) is 0 Å². The Morgan fingerprint density at radius 2 is 2.15 bits per heavy atom. The van der Waals surface area contributed by atoms with Crippen LogP contribution in [0, 0.1) is 0 Å². The fraction of sp³-hybridized carbons (Fsp3) is 0.125. The molecule has 0 saturated heterocycles. The summed E-state index contributed by atoms with van der Waals surface area (Å²) in [6, 6.07) is 3.67. The number of imidazole rings is 1. The second-order valence-corrected chi connectivity index (χ2v) is 3.16.